The molecule has 18 heavy (non-hydrogen) atoms. The normalized spacial score (nSPS) is 11.2. The van der Waals surface area contributed by atoms with Crippen molar-refractivity contribution < 1.29 is 4.74 Å². The summed E-state index contributed by atoms with van der Waals surface area (Å²) in [5.74, 6) is 0.543. The van der Waals surface area contributed by atoms with Crippen molar-refractivity contribution in [3.8, 4) is 11.3 Å². The highest BCUT2D eigenvalue weighted by molar-refractivity contribution is 7.09. The third-order valence-corrected chi connectivity index (χ3v) is 3.85. The van der Waals surface area contributed by atoms with Crippen molar-refractivity contribution in [2.75, 3.05) is 7.11 Å². The van der Waals surface area contributed by atoms with Gasteiger partial charge in [-0.2, -0.15) is 0 Å². The van der Waals surface area contributed by atoms with Gasteiger partial charge in [0.2, 0.25) is 0 Å². The molecule has 1 aromatic carbocycles. The van der Waals surface area contributed by atoms with E-state index in [9.17, 15) is 0 Å². The van der Waals surface area contributed by atoms with Crippen molar-refractivity contribution in [2.45, 2.75) is 33.3 Å². The minimum atomic E-state index is 0.543. The van der Waals surface area contributed by atoms with Crippen LogP contribution in [0.4, 0.5) is 0 Å². The smallest absolute Gasteiger partial charge is 0.119 e. The lowest BCUT2D eigenvalue weighted by molar-refractivity contribution is 0.184. The first-order valence-corrected chi connectivity index (χ1v) is 7.04. The molecule has 2 aromatic rings. The Labute approximate surface area is 113 Å². The minimum Gasteiger partial charge on any atom is -0.378 e. The molecule has 0 saturated heterocycles. The van der Waals surface area contributed by atoms with Crippen LogP contribution in [0.1, 0.15) is 35.9 Å². The Morgan fingerprint density at radius 2 is 2.11 bits per heavy atom. The Morgan fingerprint density at radius 3 is 2.78 bits per heavy atom. The third kappa shape index (κ3) is 2.79. The number of aromatic nitrogens is 1. The van der Waals surface area contributed by atoms with Gasteiger partial charge in [-0.15, -0.1) is 11.3 Å². The number of benzene rings is 1. The van der Waals surface area contributed by atoms with Gasteiger partial charge in [0.05, 0.1) is 12.3 Å². The van der Waals surface area contributed by atoms with Crippen LogP contribution in [-0.2, 0) is 11.3 Å². The standard InChI is InChI=1S/C15H19NOS/c1-10(2)12-6-5-11(3)13(7-12)14-9-18-15(16-14)8-17-4/h5-7,9-10H,8H2,1-4H3. The van der Waals surface area contributed by atoms with E-state index in [1.54, 1.807) is 18.4 Å². The molecule has 0 atom stereocenters. The highest BCUT2D eigenvalue weighted by Gasteiger charge is 2.09. The zero-order valence-corrected chi connectivity index (χ0v) is 12.2. The topological polar surface area (TPSA) is 22.1 Å². The fraction of sp³-hybridized carbons (Fsp3) is 0.400. The number of aryl methyl sites for hydroxylation is 1. The summed E-state index contributed by atoms with van der Waals surface area (Å²) in [6, 6.07) is 6.64. The highest BCUT2D eigenvalue weighted by atomic mass is 32.1. The molecule has 0 unspecified atom stereocenters. The molecule has 1 heterocycles. The number of ether oxygens (including phenoxy) is 1. The first-order chi connectivity index (χ1) is 8.61. The molecule has 0 N–H and O–H groups in total. The molecule has 0 amide bonds. The molecule has 0 bridgehead atoms. The average molecular weight is 261 g/mol. The summed E-state index contributed by atoms with van der Waals surface area (Å²) in [6.45, 7) is 7.15. The summed E-state index contributed by atoms with van der Waals surface area (Å²) >= 11 is 1.66. The molecule has 0 saturated carbocycles. The number of rotatable bonds is 4. The number of hydrogen-bond acceptors (Lipinski definition) is 3. The van der Waals surface area contributed by atoms with E-state index in [1.165, 1.54) is 16.7 Å². The maximum absolute atomic E-state index is 5.12. The Bertz CT molecular complexity index is 531. The van der Waals surface area contributed by atoms with Gasteiger partial charge in [0.15, 0.2) is 0 Å². The molecule has 2 nitrogen and oxygen atoms in total. The van der Waals surface area contributed by atoms with Gasteiger partial charge in [0, 0.05) is 18.1 Å². The molecule has 0 aliphatic rings. The second-order valence-corrected chi connectivity index (χ2v) is 5.73. The average Bonchev–Trinajstić information content (AvgIpc) is 2.78. The van der Waals surface area contributed by atoms with Gasteiger partial charge in [-0.3, -0.25) is 0 Å². The lowest BCUT2D eigenvalue weighted by atomic mass is 9.97. The summed E-state index contributed by atoms with van der Waals surface area (Å²) in [7, 11) is 1.70. The molecule has 2 rings (SSSR count). The van der Waals surface area contributed by atoms with Crippen LogP contribution in [-0.4, -0.2) is 12.1 Å². The summed E-state index contributed by atoms with van der Waals surface area (Å²) < 4.78 is 5.12. The fourth-order valence-corrected chi connectivity index (χ4v) is 2.66. The molecule has 96 valence electrons. The fourth-order valence-electron chi connectivity index (χ4n) is 1.90. The van der Waals surface area contributed by atoms with Gasteiger partial charge in [-0.05, 0) is 30.0 Å². The van der Waals surface area contributed by atoms with Crippen molar-refractivity contribution in [3.63, 3.8) is 0 Å². The van der Waals surface area contributed by atoms with Crippen LogP contribution in [0.2, 0.25) is 0 Å². The Hall–Kier alpha value is -1.19. The molecular formula is C15H19NOS. The predicted molar refractivity (Wildman–Crippen MR) is 77.1 cm³/mol. The van der Waals surface area contributed by atoms with Gasteiger partial charge in [-0.1, -0.05) is 26.0 Å². The van der Waals surface area contributed by atoms with Crippen molar-refractivity contribution in [1.29, 1.82) is 0 Å². The van der Waals surface area contributed by atoms with Gasteiger partial charge >= 0.3 is 0 Å². The molecule has 0 aliphatic heterocycles. The Balaban J connectivity index is 2.38. The van der Waals surface area contributed by atoms with Crippen LogP contribution in [0.25, 0.3) is 11.3 Å². The van der Waals surface area contributed by atoms with Crippen LogP contribution in [0.15, 0.2) is 23.6 Å². The van der Waals surface area contributed by atoms with Crippen molar-refractivity contribution in [2.24, 2.45) is 0 Å². The molecule has 1 aromatic heterocycles. The highest BCUT2D eigenvalue weighted by Crippen LogP contribution is 2.28. The number of hydrogen-bond donors (Lipinski definition) is 0. The zero-order valence-electron chi connectivity index (χ0n) is 11.4. The SMILES string of the molecule is COCc1nc(-c2cc(C(C)C)ccc2C)cs1. The van der Waals surface area contributed by atoms with Crippen molar-refractivity contribution >= 4 is 11.3 Å². The number of thiazole rings is 1. The van der Waals surface area contributed by atoms with Gasteiger partial charge < -0.3 is 4.74 Å². The second-order valence-electron chi connectivity index (χ2n) is 4.79. The summed E-state index contributed by atoms with van der Waals surface area (Å²) in [5.41, 5.74) is 4.93. The van der Waals surface area contributed by atoms with Crippen LogP contribution in [0, 0.1) is 6.92 Å². The number of nitrogens with zero attached hydrogens (tertiary/aromatic N) is 1. The van der Waals surface area contributed by atoms with E-state index in [4.69, 9.17) is 4.74 Å². The Kier molecular flexibility index (Phi) is 4.15. The molecule has 0 aliphatic carbocycles. The first kappa shape index (κ1) is 13.2. The minimum absolute atomic E-state index is 0.543. The maximum atomic E-state index is 5.12. The lowest BCUT2D eigenvalue weighted by Gasteiger charge is -2.09. The van der Waals surface area contributed by atoms with Crippen molar-refractivity contribution in [1.82, 2.24) is 4.98 Å². The number of methoxy groups -OCH3 is 1. The third-order valence-electron chi connectivity index (χ3n) is 3.02. The van der Waals surface area contributed by atoms with E-state index in [1.807, 2.05) is 0 Å². The van der Waals surface area contributed by atoms with E-state index in [0.717, 1.165) is 10.7 Å². The second kappa shape index (κ2) is 5.63. The molecular weight excluding hydrogens is 242 g/mol. The van der Waals surface area contributed by atoms with Gasteiger partial charge in [-0.25, -0.2) is 4.98 Å². The van der Waals surface area contributed by atoms with Crippen LogP contribution >= 0.6 is 11.3 Å². The first-order valence-electron chi connectivity index (χ1n) is 6.16. The lowest BCUT2D eigenvalue weighted by Crippen LogP contribution is -1.92. The van der Waals surface area contributed by atoms with Crippen LogP contribution in [0.5, 0.6) is 0 Å². The monoisotopic (exact) mass is 261 g/mol. The van der Waals surface area contributed by atoms with E-state index >= 15 is 0 Å². The summed E-state index contributed by atoms with van der Waals surface area (Å²) in [5, 5.41) is 3.14. The van der Waals surface area contributed by atoms with E-state index in [-0.39, 0.29) is 0 Å². The van der Waals surface area contributed by atoms with Gasteiger partial charge in [0.25, 0.3) is 0 Å². The van der Waals surface area contributed by atoms with Crippen molar-refractivity contribution in [3.05, 3.63) is 39.7 Å². The summed E-state index contributed by atoms with van der Waals surface area (Å²) in [6.07, 6.45) is 0. The quantitative estimate of drug-likeness (QED) is 0.814. The van der Waals surface area contributed by atoms with E-state index < -0.39 is 0 Å². The molecule has 0 spiro atoms. The van der Waals surface area contributed by atoms with E-state index in [2.05, 4.69) is 49.3 Å². The van der Waals surface area contributed by atoms with E-state index in [0.29, 0.717) is 12.5 Å². The maximum Gasteiger partial charge on any atom is 0.119 e. The largest absolute Gasteiger partial charge is 0.378 e. The molecule has 3 heteroatoms. The zero-order chi connectivity index (χ0) is 13.1. The van der Waals surface area contributed by atoms with Gasteiger partial charge in [0.1, 0.15) is 5.01 Å². The van der Waals surface area contributed by atoms with Crippen LogP contribution in [0.3, 0.4) is 0 Å². The van der Waals surface area contributed by atoms with Crippen LogP contribution < -0.4 is 0 Å². The Morgan fingerprint density at radius 1 is 1.33 bits per heavy atom. The molecule has 0 fully saturated rings. The summed E-state index contributed by atoms with van der Waals surface area (Å²) in [4.78, 5) is 4.63. The molecule has 0 radical (unpaired) electrons. The predicted octanol–water partition coefficient (Wildman–Crippen LogP) is 4.39.